The number of thiophene rings is 1. The zero-order chi connectivity index (χ0) is 16.7. The van der Waals surface area contributed by atoms with Crippen molar-refractivity contribution in [2.45, 2.75) is 19.4 Å². The van der Waals surface area contributed by atoms with E-state index in [1.807, 2.05) is 42.6 Å². The van der Waals surface area contributed by atoms with Crippen LogP contribution >= 0.6 is 11.3 Å². The van der Waals surface area contributed by atoms with Crippen molar-refractivity contribution in [2.75, 3.05) is 20.8 Å². The smallest absolute Gasteiger partial charge is 0.315 e. The molecule has 6 heteroatoms. The molecule has 1 atom stereocenters. The van der Waals surface area contributed by atoms with Crippen LogP contribution in [0, 0.1) is 0 Å². The highest BCUT2D eigenvalue weighted by Crippen LogP contribution is 2.27. The third-order valence-electron chi connectivity index (χ3n) is 3.46. The maximum Gasteiger partial charge on any atom is 0.315 e. The number of carbonyl (C=O) groups is 1. The Hall–Kier alpha value is -2.21. The molecule has 0 radical (unpaired) electrons. The fraction of sp³-hybridized carbons (Fsp3) is 0.353. The van der Waals surface area contributed by atoms with Gasteiger partial charge in [0.2, 0.25) is 0 Å². The molecule has 2 aromatic rings. The molecule has 1 aromatic carbocycles. The van der Waals surface area contributed by atoms with E-state index in [0.717, 1.165) is 16.9 Å². The molecule has 2 N–H and O–H groups in total. The van der Waals surface area contributed by atoms with E-state index in [4.69, 9.17) is 9.47 Å². The van der Waals surface area contributed by atoms with Crippen LogP contribution in [0.3, 0.4) is 0 Å². The second-order valence-electron chi connectivity index (χ2n) is 5.08. The lowest BCUT2D eigenvalue weighted by Crippen LogP contribution is -2.37. The van der Waals surface area contributed by atoms with Gasteiger partial charge in [0, 0.05) is 11.4 Å². The summed E-state index contributed by atoms with van der Waals surface area (Å²) in [5.74, 6) is 1.40. The zero-order valence-corrected chi connectivity index (χ0v) is 14.4. The Morgan fingerprint density at radius 2 is 2.00 bits per heavy atom. The van der Waals surface area contributed by atoms with E-state index in [1.165, 1.54) is 0 Å². The number of ether oxygens (including phenoxy) is 2. The largest absolute Gasteiger partial charge is 0.493 e. The van der Waals surface area contributed by atoms with Gasteiger partial charge in [-0.1, -0.05) is 12.1 Å². The van der Waals surface area contributed by atoms with E-state index < -0.39 is 0 Å². The summed E-state index contributed by atoms with van der Waals surface area (Å²) in [4.78, 5) is 13.0. The molecule has 0 aliphatic carbocycles. The van der Waals surface area contributed by atoms with Crippen LogP contribution in [0.25, 0.3) is 0 Å². The van der Waals surface area contributed by atoms with E-state index in [2.05, 4.69) is 10.6 Å². The Morgan fingerprint density at radius 1 is 1.22 bits per heavy atom. The molecule has 124 valence electrons. The number of amides is 2. The molecule has 0 saturated carbocycles. The molecule has 1 aromatic heterocycles. The maximum absolute atomic E-state index is 11.9. The van der Waals surface area contributed by atoms with E-state index in [9.17, 15) is 4.79 Å². The lowest BCUT2D eigenvalue weighted by atomic mass is 10.1. The number of rotatable bonds is 7. The fourth-order valence-corrected chi connectivity index (χ4v) is 2.95. The SMILES string of the molecule is COc1ccc(CCNC(=O)N[C@H](C)c2cccs2)cc1OC. The molecule has 0 fully saturated rings. The number of methoxy groups -OCH3 is 2. The first-order chi connectivity index (χ1) is 11.1. The molecular formula is C17H22N2O3S. The third kappa shape index (κ3) is 4.89. The van der Waals surface area contributed by atoms with Crippen LogP contribution in [-0.2, 0) is 6.42 Å². The monoisotopic (exact) mass is 334 g/mol. The second-order valence-corrected chi connectivity index (χ2v) is 6.06. The van der Waals surface area contributed by atoms with Gasteiger partial charge in [-0.15, -0.1) is 11.3 Å². The van der Waals surface area contributed by atoms with Gasteiger partial charge in [-0.05, 0) is 42.5 Å². The van der Waals surface area contributed by atoms with E-state index in [0.29, 0.717) is 18.0 Å². The van der Waals surface area contributed by atoms with Crippen molar-refractivity contribution in [1.82, 2.24) is 10.6 Å². The summed E-state index contributed by atoms with van der Waals surface area (Å²) < 4.78 is 10.5. The molecule has 5 nitrogen and oxygen atoms in total. The minimum atomic E-state index is -0.161. The predicted molar refractivity (Wildman–Crippen MR) is 92.5 cm³/mol. The zero-order valence-electron chi connectivity index (χ0n) is 13.6. The number of benzene rings is 1. The minimum Gasteiger partial charge on any atom is -0.493 e. The topological polar surface area (TPSA) is 59.6 Å². The number of hydrogen-bond donors (Lipinski definition) is 2. The Balaban J connectivity index is 1.79. The average Bonchev–Trinajstić information content (AvgIpc) is 3.09. The molecule has 2 rings (SSSR count). The highest BCUT2D eigenvalue weighted by molar-refractivity contribution is 7.10. The summed E-state index contributed by atoms with van der Waals surface area (Å²) in [5, 5.41) is 7.80. The fourth-order valence-electron chi connectivity index (χ4n) is 2.21. The normalized spacial score (nSPS) is 11.6. The van der Waals surface area contributed by atoms with Gasteiger partial charge in [-0.2, -0.15) is 0 Å². The van der Waals surface area contributed by atoms with Gasteiger partial charge < -0.3 is 20.1 Å². The van der Waals surface area contributed by atoms with Gasteiger partial charge in [0.05, 0.1) is 20.3 Å². The van der Waals surface area contributed by atoms with Gasteiger partial charge in [0.15, 0.2) is 11.5 Å². The van der Waals surface area contributed by atoms with Crippen LogP contribution < -0.4 is 20.1 Å². The quantitative estimate of drug-likeness (QED) is 0.816. The molecule has 0 aliphatic rings. The van der Waals surface area contributed by atoms with E-state index >= 15 is 0 Å². The Labute approximate surface area is 140 Å². The van der Waals surface area contributed by atoms with Crippen LogP contribution in [0.4, 0.5) is 4.79 Å². The van der Waals surface area contributed by atoms with Crippen LogP contribution in [0.5, 0.6) is 11.5 Å². The van der Waals surface area contributed by atoms with Crippen molar-refractivity contribution in [3.8, 4) is 11.5 Å². The maximum atomic E-state index is 11.9. The summed E-state index contributed by atoms with van der Waals surface area (Å²) in [6.45, 7) is 2.53. The molecule has 23 heavy (non-hydrogen) atoms. The highest BCUT2D eigenvalue weighted by Gasteiger charge is 2.10. The van der Waals surface area contributed by atoms with Crippen molar-refractivity contribution < 1.29 is 14.3 Å². The van der Waals surface area contributed by atoms with Crippen LogP contribution in [0.15, 0.2) is 35.7 Å². The van der Waals surface area contributed by atoms with Crippen LogP contribution in [-0.4, -0.2) is 26.8 Å². The number of carbonyl (C=O) groups excluding carboxylic acids is 1. The molecule has 0 bridgehead atoms. The van der Waals surface area contributed by atoms with E-state index in [1.54, 1.807) is 25.6 Å². The third-order valence-corrected chi connectivity index (χ3v) is 4.52. The first kappa shape index (κ1) is 17.1. The first-order valence-corrected chi connectivity index (χ1v) is 8.30. The van der Waals surface area contributed by atoms with Gasteiger partial charge in [0.25, 0.3) is 0 Å². The summed E-state index contributed by atoms with van der Waals surface area (Å²) in [5.41, 5.74) is 1.08. The van der Waals surface area contributed by atoms with E-state index in [-0.39, 0.29) is 12.1 Å². The molecule has 0 aliphatic heterocycles. The second kappa shape index (κ2) is 8.43. The van der Waals surface area contributed by atoms with Crippen molar-refractivity contribution in [3.05, 3.63) is 46.2 Å². The number of urea groups is 1. The summed E-state index contributed by atoms with van der Waals surface area (Å²) in [6, 6.07) is 9.60. The molecule has 0 unspecified atom stereocenters. The minimum absolute atomic E-state index is 0.0103. The molecule has 0 saturated heterocycles. The van der Waals surface area contributed by atoms with Gasteiger partial charge in [0.1, 0.15) is 0 Å². The van der Waals surface area contributed by atoms with Crippen molar-refractivity contribution in [1.29, 1.82) is 0 Å². The van der Waals surface area contributed by atoms with Gasteiger partial charge in [-0.25, -0.2) is 4.79 Å². The van der Waals surface area contributed by atoms with Crippen molar-refractivity contribution in [3.63, 3.8) is 0 Å². The van der Waals surface area contributed by atoms with Gasteiger partial charge in [-0.3, -0.25) is 0 Å². The van der Waals surface area contributed by atoms with Crippen LogP contribution in [0.1, 0.15) is 23.4 Å². The van der Waals surface area contributed by atoms with Gasteiger partial charge >= 0.3 is 6.03 Å². The molecule has 2 amide bonds. The lowest BCUT2D eigenvalue weighted by molar-refractivity contribution is 0.238. The molecule has 1 heterocycles. The highest BCUT2D eigenvalue weighted by atomic mass is 32.1. The summed E-state index contributed by atoms with van der Waals surface area (Å²) >= 11 is 1.63. The average molecular weight is 334 g/mol. The Kier molecular flexibility index (Phi) is 6.29. The summed E-state index contributed by atoms with van der Waals surface area (Å²) in [6.07, 6.45) is 0.723. The lowest BCUT2D eigenvalue weighted by Gasteiger charge is -2.13. The number of nitrogens with one attached hydrogen (secondary N) is 2. The van der Waals surface area contributed by atoms with Crippen molar-refractivity contribution >= 4 is 17.4 Å². The number of hydrogen-bond acceptors (Lipinski definition) is 4. The standard InChI is InChI=1S/C17H22N2O3S/c1-12(16-5-4-10-23-16)19-17(20)18-9-8-13-6-7-14(21-2)15(11-13)22-3/h4-7,10-12H,8-9H2,1-3H3,(H2,18,19,20)/t12-/m1/s1. The first-order valence-electron chi connectivity index (χ1n) is 7.42. The molecular weight excluding hydrogens is 312 g/mol. The van der Waals surface area contributed by atoms with Crippen molar-refractivity contribution in [2.24, 2.45) is 0 Å². The summed E-state index contributed by atoms with van der Waals surface area (Å²) in [7, 11) is 3.22. The Morgan fingerprint density at radius 3 is 2.65 bits per heavy atom. The Bertz CT molecular complexity index is 629. The predicted octanol–water partition coefficient (Wildman–Crippen LogP) is 3.37. The molecule has 0 spiro atoms. The van der Waals surface area contributed by atoms with Crippen LogP contribution in [0.2, 0.25) is 0 Å².